The Bertz CT molecular complexity index is 443. The Morgan fingerprint density at radius 2 is 2.15 bits per heavy atom. The molecule has 0 amide bonds. The van der Waals surface area contributed by atoms with Crippen molar-refractivity contribution in [2.24, 2.45) is 5.92 Å². The molecule has 1 saturated carbocycles. The van der Waals surface area contributed by atoms with Gasteiger partial charge in [-0.15, -0.1) is 0 Å². The monoisotopic (exact) mass is 279 g/mol. The number of nitrogens with one attached hydrogen (secondary N) is 1. The Balaban J connectivity index is 2.06. The van der Waals surface area contributed by atoms with Crippen molar-refractivity contribution in [2.75, 3.05) is 13.2 Å². The molecule has 20 heavy (non-hydrogen) atoms. The molecule has 0 saturated heterocycles. The van der Waals surface area contributed by atoms with Crippen LogP contribution >= 0.6 is 0 Å². The summed E-state index contributed by atoms with van der Waals surface area (Å²) in [4.78, 5) is 0. The molecule has 112 valence electrons. The maximum atomic E-state index is 13.8. The largest absolute Gasteiger partial charge is 0.493 e. The molecular weight excluding hydrogens is 253 g/mol. The molecule has 0 heterocycles. The Kier molecular flexibility index (Phi) is 5.41. The number of benzene rings is 1. The van der Waals surface area contributed by atoms with E-state index >= 15 is 0 Å². The summed E-state index contributed by atoms with van der Waals surface area (Å²) in [6, 6.07) is 3.57. The number of hydrogen-bond acceptors (Lipinski definition) is 2. The van der Waals surface area contributed by atoms with Gasteiger partial charge in [0.25, 0.3) is 0 Å². The third kappa shape index (κ3) is 4.20. The lowest BCUT2D eigenvalue weighted by atomic mass is 10.0. The number of ether oxygens (including phenoxy) is 1. The molecular formula is C17H26FNO. The van der Waals surface area contributed by atoms with E-state index in [1.54, 1.807) is 13.0 Å². The molecule has 1 aromatic rings. The number of hydrogen-bond donors (Lipinski definition) is 1. The van der Waals surface area contributed by atoms with Crippen molar-refractivity contribution in [3.05, 3.63) is 29.1 Å². The van der Waals surface area contributed by atoms with Crippen LogP contribution < -0.4 is 10.1 Å². The summed E-state index contributed by atoms with van der Waals surface area (Å²) >= 11 is 0. The number of halogens is 1. The van der Waals surface area contributed by atoms with Gasteiger partial charge in [0.05, 0.1) is 6.61 Å². The molecule has 3 heteroatoms. The van der Waals surface area contributed by atoms with E-state index in [2.05, 4.69) is 19.2 Å². The lowest BCUT2D eigenvalue weighted by Crippen LogP contribution is -2.20. The highest BCUT2D eigenvalue weighted by atomic mass is 19.1. The van der Waals surface area contributed by atoms with E-state index in [0.29, 0.717) is 5.56 Å². The maximum absolute atomic E-state index is 13.8. The highest BCUT2D eigenvalue weighted by Crippen LogP contribution is 2.33. The number of rotatable bonds is 8. The highest BCUT2D eigenvalue weighted by Gasteiger charge is 2.21. The van der Waals surface area contributed by atoms with Crippen LogP contribution in [0.5, 0.6) is 5.75 Å². The van der Waals surface area contributed by atoms with Crippen LogP contribution in [0, 0.1) is 18.7 Å². The van der Waals surface area contributed by atoms with Gasteiger partial charge in [-0.1, -0.05) is 19.8 Å². The van der Waals surface area contributed by atoms with Gasteiger partial charge in [-0.2, -0.15) is 0 Å². The molecule has 0 aromatic heterocycles. The summed E-state index contributed by atoms with van der Waals surface area (Å²) in [6.45, 7) is 7.65. The Labute approximate surface area is 121 Å². The summed E-state index contributed by atoms with van der Waals surface area (Å²) < 4.78 is 19.7. The normalized spacial score (nSPS) is 16.2. The Hall–Kier alpha value is -1.09. The van der Waals surface area contributed by atoms with Crippen molar-refractivity contribution < 1.29 is 9.13 Å². The molecule has 1 N–H and O–H groups in total. The maximum Gasteiger partial charge on any atom is 0.126 e. The SMILES string of the molecule is CCCNC(C)c1cc(F)c(C)cc1OCCC1CC1. The minimum absolute atomic E-state index is 0.112. The molecule has 1 aromatic carbocycles. The van der Waals surface area contributed by atoms with E-state index in [0.717, 1.165) is 43.2 Å². The van der Waals surface area contributed by atoms with Crippen LogP contribution in [-0.2, 0) is 0 Å². The molecule has 0 radical (unpaired) electrons. The summed E-state index contributed by atoms with van der Waals surface area (Å²) in [5.74, 6) is 1.54. The van der Waals surface area contributed by atoms with Gasteiger partial charge in [0.1, 0.15) is 11.6 Å². The van der Waals surface area contributed by atoms with Crippen LogP contribution in [0.3, 0.4) is 0 Å². The molecule has 1 unspecified atom stereocenters. The average molecular weight is 279 g/mol. The van der Waals surface area contributed by atoms with Gasteiger partial charge >= 0.3 is 0 Å². The lowest BCUT2D eigenvalue weighted by molar-refractivity contribution is 0.296. The minimum Gasteiger partial charge on any atom is -0.493 e. The first-order chi connectivity index (χ1) is 9.61. The molecule has 0 bridgehead atoms. The van der Waals surface area contributed by atoms with Crippen LogP contribution in [0.4, 0.5) is 4.39 Å². The first-order valence-electron chi connectivity index (χ1n) is 7.78. The second-order valence-corrected chi connectivity index (χ2v) is 5.90. The van der Waals surface area contributed by atoms with Gasteiger partial charge in [-0.25, -0.2) is 4.39 Å². The van der Waals surface area contributed by atoms with Gasteiger partial charge < -0.3 is 10.1 Å². The molecule has 1 aliphatic carbocycles. The quantitative estimate of drug-likeness (QED) is 0.762. The standard InChI is InChI=1S/C17H26FNO/c1-4-8-19-13(3)15-11-16(18)12(2)10-17(15)20-9-7-14-5-6-14/h10-11,13-14,19H,4-9H2,1-3H3. The third-order valence-electron chi connectivity index (χ3n) is 3.94. The van der Waals surface area contributed by atoms with Crippen molar-refractivity contribution in [3.8, 4) is 5.75 Å². The van der Waals surface area contributed by atoms with Gasteiger partial charge in [-0.3, -0.25) is 0 Å². The molecule has 2 rings (SSSR count). The zero-order valence-electron chi connectivity index (χ0n) is 12.8. The van der Waals surface area contributed by atoms with E-state index in [9.17, 15) is 4.39 Å². The topological polar surface area (TPSA) is 21.3 Å². The Morgan fingerprint density at radius 1 is 1.40 bits per heavy atom. The van der Waals surface area contributed by atoms with E-state index in [1.807, 2.05) is 6.07 Å². The first kappa shape index (κ1) is 15.3. The smallest absolute Gasteiger partial charge is 0.126 e. The third-order valence-corrected chi connectivity index (χ3v) is 3.94. The zero-order valence-corrected chi connectivity index (χ0v) is 12.8. The van der Waals surface area contributed by atoms with Crippen molar-refractivity contribution in [1.82, 2.24) is 5.32 Å². The summed E-state index contributed by atoms with van der Waals surface area (Å²) in [6.07, 6.45) is 4.86. The van der Waals surface area contributed by atoms with Crippen LogP contribution in [-0.4, -0.2) is 13.2 Å². The average Bonchev–Trinajstić information content (AvgIpc) is 3.24. The molecule has 1 atom stereocenters. The summed E-state index contributed by atoms with van der Waals surface area (Å²) in [5.41, 5.74) is 1.58. The molecule has 0 spiro atoms. The van der Waals surface area contributed by atoms with Crippen molar-refractivity contribution >= 4 is 0 Å². The Morgan fingerprint density at radius 3 is 2.80 bits per heavy atom. The summed E-state index contributed by atoms with van der Waals surface area (Å²) in [7, 11) is 0. The minimum atomic E-state index is -0.153. The zero-order chi connectivity index (χ0) is 14.5. The second kappa shape index (κ2) is 7.07. The van der Waals surface area contributed by atoms with E-state index in [-0.39, 0.29) is 11.9 Å². The van der Waals surface area contributed by atoms with Gasteiger partial charge in [0.15, 0.2) is 0 Å². The van der Waals surface area contributed by atoms with Crippen molar-refractivity contribution in [1.29, 1.82) is 0 Å². The van der Waals surface area contributed by atoms with Crippen molar-refractivity contribution in [3.63, 3.8) is 0 Å². The second-order valence-electron chi connectivity index (χ2n) is 5.90. The molecule has 1 aliphatic rings. The fourth-order valence-electron chi connectivity index (χ4n) is 2.35. The fraction of sp³-hybridized carbons (Fsp3) is 0.647. The number of aryl methyl sites for hydroxylation is 1. The van der Waals surface area contributed by atoms with Crippen molar-refractivity contribution in [2.45, 2.75) is 52.5 Å². The van der Waals surface area contributed by atoms with E-state index in [1.165, 1.54) is 12.8 Å². The molecule has 1 fully saturated rings. The van der Waals surface area contributed by atoms with Crippen LogP contribution in [0.25, 0.3) is 0 Å². The van der Waals surface area contributed by atoms with E-state index < -0.39 is 0 Å². The fourth-order valence-corrected chi connectivity index (χ4v) is 2.35. The molecule has 0 aliphatic heterocycles. The lowest BCUT2D eigenvalue weighted by Gasteiger charge is -2.19. The molecule has 2 nitrogen and oxygen atoms in total. The highest BCUT2D eigenvalue weighted by molar-refractivity contribution is 5.40. The van der Waals surface area contributed by atoms with Crippen LogP contribution in [0.1, 0.15) is 56.7 Å². The van der Waals surface area contributed by atoms with Gasteiger partial charge in [0.2, 0.25) is 0 Å². The first-order valence-corrected chi connectivity index (χ1v) is 7.78. The predicted octanol–water partition coefficient (Wildman–Crippen LogP) is 4.37. The van der Waals surface area contributed by atoms with Gasteiger partial charge in [0, 0.05) is 11.6 Å². The van der Waals surface area contributed by atoms with Gasteiger partial charge in [-0.05, 0) is 56.8 Å². The van der Waals surface area contributed by atoms with Crippen LogP contribution in [0.15, 0.2) is 12.1 Å². The van der Waals surface area contributed by atoms with E-state index in [4.69, 9.17) is 4.74 Å². The predicted molar refractivity (Wildman–Crippen MR) is 80.7 cm³/mol. The van der Waals surface area contributed by atoms with Crippen LogP contribution in [0.2, 0.25) is 0 Å². The summed E-state index contributed by atoms with van der Waals surface area (Å²) in [5, 5.41) is 3.40.